The van der Waals surface area contributed by atoms with Crippen LogP contribution in [0.25, 0.3) is 10.3 Å². The molecule has 0 unspecified atom stereocenters. The summed E-state index contributed by atoms with van der Waals surface area (Å²) >= 11 is 1.56. The Hall–Kier alpha value is -2.42. The molecular formula is C15H19N5O3S. The highest BCUT2D eigenvalue weighted by atomic mass is 32.1. The summed E-state index contributed by atoms with van der Waals surface area (Å²) < 4.78 is 4.79. The number of nitrogens with zero attached hydrogens (tertiary/aromatic N) is 4. The van der Waals surface area contributed by atoms with Gasteiger partial charge >= 0.3 is 12.0 Å². The number of hydrogen-bond donors (Lipinski definition) is 1. The first-order chi connectivity index (χ1) is 11.7. The Bertz CT molecular complexity index is 694. The summed E-state index contributed by atoms with van der Waals surface area (Å²) in [6.45, 7) is 4.51. The van der Waals surface area contributed by atoms with Crippen LogP contribution in [0.3, 0.4) is 0 Å². The van der Waals surface area contributed by atoms with Crippen LogP contribution < -0.4 is 10.2 Å². The topological polar surface area (TPSA) is 87.7 Å². The fraction of sp³-hybridized carbons (Fsp3) is 0.467. The average Bonchev–Trinajstić information content (AvgIpc) is 3.04. The highest BCUT2D eigenvalue weighted by Crippen LogP contribution is 2.27. The summed E-state index contributed by atoms with van der Waals surface area (Å²) in [5.74, 6) is -0.425. The van der Waals surface area contributed by atoms with Crippen LogP contribution in [0.2, 0.25) is 0 Å². The van der Waals surface area contributed by atoms with E-state index in [9.17, 15) is 9.59 Å². The number of aromatic nitrogens is 2. The summed E-state index contributed by atoms with van der Waals surface area (Å²) in [7, 11) is 0. The maximum absolute atomic E-state index is 12.1. The van der Waals surface area contributed by atoms with Crippen LogP contribution in [0.4, 0.5) is 9.93 Å². The number of amides is 2. The van der Waals surface area contributed by atoms with Crippen molar-refractivity contribution in [3.8, 4) is 0 Å². The molecule has 1 fully saturated rings. The van der Waals surface area contributed by atoms with Crippen molar-refractivity contribution in [2.24, 2.45) is 0 Å². The number of esters is 1. The Kier molecular flexibility index (Phi) is 5.09. The van der Waals surface area contributed by atoms with E-state index in [0.29, 0.717) is 32.8 Å². The van der Waals surface area contributed by atoms with Gasteiger partial charge in [-0.1, -0.05) is 11.3 Å². The van der Waals surface area contributed by atoms with Crippen LogP contribution >= 0.6 is 11.3 Å². The van der Waals surface area contributed by atoms with Gasteiger partial charge in [0.1, 0.15) is 16.9 Å². The standard InChI is InChI=1S/C15H19N5O3S/c1-2-23-12(21)10-17-14(22)19-6-8-20(9-7-19)15-18-11-4-3-5-16-13(11)24-15/h3-5H,2,6-10H2,1H3,(H,17,22). The van der Waals surface area contributed by atoms with Crippen LogP contribution in [0.5, 0.6) is 0 Å². The molecule has 2 aromatic heterocycles. The molecule has 0 aromatic carbocycles. The van der Waals surface area contributed by atoms with E-state index < -0.39 is 5.97 Å². The molecule has 24 heavy (non-hydrogen) atoms. The normalized spacial score (nSPS) is 14.7. The van der Waals surface area contributed by atoms with Crippen molar-refractivity contribution in [1.82, 2.24) is 20.2 Å². The Balaban J connectivity index is 1.51. The molecule has 128 valence electrons. The van der Waals surface area contributed by atoms with Crippen molar-refractivity contribution < 1.29 is 14.3 Å². The summed E-state index contributed by atoms with van der Waals surface area (Å²) in [5.41, 5.74) is 0.895. The second-order valence-corrected chi connectivity index (χ2v) is 6.22. The molecule has 0 atom stereocenters. The summed E-state index contributed by atoms with van der Waals surface area (Å²) in [6, 6.07) is 3.58. The van der Waals surface area contributed by atoms with Gasteiger partial charge in [0.2, 0.25) is 0 Å². The number of ether oxygens (including phenoxy) is 1. The predicted molar refractivity (Wildman–Crippen MR) is 91.2 cm³/mol. The lowest BCUT2D eigenvalue weighted by Gasteiger charge is -2.34. The van der Waals surface area contributed by atoms with Gasteiger partial charge in [-0.3, -0.25) is 4.79 Å². The lowest BCUT2D eigenvalue weighted by Crippen LogP contribution is -2.52. The number of nitrogens with one attached hydrogen (secondary N) is 1. The number of carbonyl (C=O) groups excluding carboxylic acids is 2. The lowest BCUT2D eigenvalue weighted by molar-refractivity contribution is -0.141. The molecule has 0 spiro atoms. The Labute approximate surface area is 143 Å². The van der Waals surface area contributed by atoms with Crippen LogP contribution in [0, 0.1) is 0 Å². The highest BCUT2D eigenvalue weighted by molar-refractivity contribution is 7.21. The Morgan fingerprint density at radius 1 is 1.33 bits per heavy atom. The number of carbonyl (C=O) groups is 2. The summed E-state index contributed by atoms with van der Waals surface area (Å²) in [4.78, 5) is 37.0. The zero-order valence-corrected chi connectivity index (χ0v) is 14.2. The Morgan fingerprint density at radius 2 is 2.12 bits per heavy atom. The van der Waals surface area contributed by atoms with Crippen molar-refractivity contribution in [3.05, 3.63) is 18.3 Å². The van der Waals surface area contributed by atoms with Gasteiger partial charge in [0.25, 0.3) is 0 Å². The van der Waals surface area contributed by atoms with Gasteiger partial charge in [0, 0.05) is 32.4 Å². The first-order valence-corrected chi connectivity index (χ1v) is 8.64. The number of fused-ring (bicyclic) bond motifs is 1. The van der Waals surface area contributed by atoms with E-state index >= 15 is 0 Å². The molecule has 9 heteroatoms. The second-order valence-electron chi connectivity index (χ2n) is 5.26. The molecule has 1 aliphatic heterocycles. The molecule has 0 saturated carbocycles. The van der Waals surface area contributed by atoms with Gasteiger partial charge in [-0.15, -0.1) is 0 Å². The maximum atomic E-state index is 12.1. The van der Waals surface area contributed by atoms with Gasteiger partial charge in [0.05, 0.1) is 6.61 Å². The molecule has 2 amide bonds. The van der Waals surface area contributed by atoms with E-state index in [-0.39, 0.29) is 12.6 Å². The van der Waals surface area contributed by atoms with Crippen molar-refractivity contribution >= 4 is 38.8 Å². The third kappa shape index (κ3) is 3.73. The van der Waals surface area contributed by atoms with E-state index in [2.05, 4.69) is 20.2 Å². The minimum atomic E-state index is -0.425. The number of rotatable bonds is 4. The highest BCUT2D eigenvalue weighted by Gasteiger charge is 2.23. The minimum Gasteiger partial charge on any atom is -0.465 e. The van der Waals surface area contributed by atoms with E-state index in [4.69, 9.17) is 4.74 Å². The van der Waals surface area contributed by atoms with E-state index in [0.717, 1.165) is 15.5 Å². The van der Waals surface area contributed by atoms with E-state index in [1.807, 2.05) is 12.1 Å². The predicted octanol–water partition coefficient (Wildman–Crippen LogP) is 1.09. The monoisotopic (exact) mass is 349 g/mol. The minimum absolute atomic E-state index is 0.101. The van der Waals surface area contributed by atoms with Crippen molar-refractivity contribution in [3.63, 3.8) is 0 Å². The van der Waals surface area contributed by atoms with Crippen molar-refractivity contribution in [2.45, 2.75) is 6.92 Å². The molecule has 0 bridgehead atoms. The molecular weight excluding hydrogens is 330 g/mol. The van der Waals surface area contributed by atoms with Crippen LogP contribution in [-0.2, 0) is 9.53 Å². The Morgan fingerprint density at radius 3 is 2.83 bits per heavy atom. The maximum Gasteiger partial charge on any atom is 0.325 e. The zero-order valence-electron chi connectivity index (χ0n) is 13.4. The molecule has 1 saturated heterocycles. The molecule has 3 rings (SSSR count). The molecule has 1 aliphatic rings. The summed E-state index contributed by atoms with van der Waals surface area (Å²) in [5, 5.41) is 3.51. The quantitative estimate of drug-likeness (QED) is 0.831. The van der Waals surface area contributed by atoms with Gasteiger partial charge in [-0.2, -0.15) is 0 Å². The fourth-order valence-corrected chi connectivity index (χ4v) is 3.43. The first-order valence-electron chi connectivity index (χ1n) is 7.82. The third-order valence-corrected chi connectivity index (χ3v) is 4.72. The first kappa shape index (κ1) is 16.4. The van der Waals surface area contributed by atoms with Crippen molar-refractivity contribution in [1.29, 1.82) is 0 Å². The number of pyridine rings is 1. The van der Waals surface area contributed by atoms with Crippen LogP contribution in [-0.4, -0.2) is 66.2 Å². The molecule has 0 aliphatic carbocycles. The third-order valence-electron chi connectivity index (χ3n) is 3.68. The van der Waals surface area contributed by atoms with Gasteiger partial charge in [0.15, 0.2) is 5.13 Å². The molecule has 1 N–H and O–H groups in total. The van der Waals surface area contributed by atoms with Gasteiger partial charge in [-0.25, -0.2) is 14.8 Å². The van der Waals surface area contributed by atoms with E-state index in [1.54, 1.807) is 29.4 Å². The summed E-state index contributed by atoms with van der Waals surface area (Å²) in [6.07, 6.45) is 1.76. The smallest absolute Gasteiger partial charge is 0.325 e. The van der Waals surface area contributed by atoms with Crippen LogP contribution in [0.1, 0.15) is 6.92 Å². The number of hydrogen-bond acceptors (Lipinski definition) is 7. The molecule has 8 nitrogen and oxygen atoms in total. The zero-order chi connectivity index (χ0) is 16.9. The molecule has 0 radical (unpaired) electrons. The largest absolute Gasteiger partial charge is 0.465 e. The number of piperazine rings is 1. The van der Waals surface area contributed by atoms with Crippen LogP contribution in [0.15, 0.2) is 18.3 Å². The second kappa shape index (κ2) is 7.43. The molecule has 3 heterocycles. The fourth-order valence-electron chi connectivity index (χ4n) is 2.47. The number of thiazole rings is 1. The number of urea groups is 1. The number of anilines is 1. The SMILES string of the molecule is CCOC(=O)CNC(=O)N1CCN(c2nc3cccnc3s2)CC1. The lowest BCUT2D eigenvalue weighted by atomic mass is 10.3. The van der Waals surface area contributed by atoms with Gasteiger partial charge < -0.3 is 19.9 Å². The average molecular weight is 349 g/mol. The van der Waals surface area contributed by atoms with Crippen molar-refractivity contribution in [2.75, 3.05) is 44.2 Å². The van der Waals surface area contributed by atoms with E-state index in [1.165, 1.54) is 0 Å². The molecule has 2 aromatic rings. The van der Waals surface area contributed by atoms with Gasteiger partial charge in [-0.05, 0) is 19.1 Å².